The van der Waals surface area contributed by atoms with Crippen LogP contribution in [0.2, 0.25) is 0 Å². The summed E-state index contributed by atoms with van der Waals surface area (Å²) < 4.78 is 5.38. The maximum atomic E-state index is 9.63. The molecule has 0 spiro atoms. The first kappa shape index (κ1) is 16.4. The first-order valence-electron chi connectivity index (χ1n) is 8.32. The molecule has 0 radical (unpaired) electrons. The fourth-order valence-corrected chi connectivity index (χ4v) is 3.30. The highest BCUT2D eigenvalue weighted by Crippen LogP contribution is 2.40. The molecule has 3 aromatic rings. The number of aromatic hydroxyl groups is 1. The van der Waals surface area contributed by atoms with E-state index >= 15 is 0 Å². The lowest BCUT2D eigenvalue weighted by atomic mass is 9.92. The second-order valence-electron chi connectivity index (χ2n) is 6.82. The summed E-state index contributed by atoms with van der Waals surface area (Å²) in [4.78, 5) is 3.55. The molecule has 2 aromatic heterocycles. The molecule has 0 aliphatic heterocycles. The van der Waals surface area contributed by atoms with E-state index in [2.05, 4.69) is 30.9 Å². The third-order valence-electron chi connectivity index (χ3n) is 4.37. The van der Waals surface area contributed by atoms with E-state index < -0.39 is 0 Å². The first-order chi connectivity index (χ1) is 11.4. The summed E-state index contributed by atoms with van der Waals surface area (Å²) in [6, 6.07) is 7.38. The average molecular weight is 324 g/mol. The molecule has 4 heteroatoms. The van der Waals surface area contributed by atoms with E-state index in [0.717, 1.165) is 34.7 Å². The molecule has 0 bridgehead atoms. The number of hydrogen-bond donors (Lipinski definition) is 2. The van der Waals surface area contributed by atoms with Crippen LogP contribution in [0.1, 0.15) is 36.6 Å². The van der Waals surface area contributed by atoms with Gasteiger partial charge in [-0.25, -0.2) is 0 Å². The predicted octanol–water partition coefficient (Wildman–Crippen LogP) is 5.17. The number of aryl methyl sites for hydroxylation is 3. The van der Waals surface area contributed by atoms with E-state index in [4.69, 9.17) is 4.52 Å². The fraction of sp³-hybridized carbons (Fsp3) is 0.350. The van der Waals surface area contributed by atoms with Gasteiger partial charge in [0.2, 0.25) is 0 Å². The van der Waals surface area contributed by atoms with Crippen molar-refractivity contribution in [2.45, 2.75) is 41.0 Å². The monoisotopic (exact) mass is 324 g/mol. The van der Waals surface area contributed by atoms with Gasteiger partial charge in [-0.05, 0) is 56.4 Å². The van der Waals surface area contributed by atoms with Gasteiger partial charge in [-0.1, -0.05) is 31.1 Å². The molecule has 3 rings (SSSR count). The van der Waals surface area contributed by atoms with Crippen molar-refractivity contribution in [3.8, 4) is 28.1 Å². The molecule has 24 heavy (non-hydrogen) atoms. The maximum Gasteiger partial charge on any atom is 0.143 e. The summed E-state index contributed by atoms with van der Waals surface area (Å²) in [6.07, 6.45) is 0.988. The summed E-state index contributed by atoms with van der Waals surface area (Å²) in [5.74, 6) is 1.63. The molecule has 0 aliphatic carbocycles. The Balaban J connectivity index is 2.28. The molecular formula is C20H24N2O2. The summed E-state index contributed by atoms with van der Waals surface area (Å²) in [5.41, 5.74) is 7.69. The first-order valence-corrected chi connectivity index (χ1v) is 8.32. The lowest BCUT2D eigenvalue weighted by molar-refractivity contribution is 0.393. The number of phenols is 1. The largest absolute Gasteiger partial charge is 0.508 e. The van der Waals surface area contributed by atoms with Crippen molar-refractivity contribution in [3.63, 3.8) is 0 Å². The van der Waals surface area contributed by atoms with Gasteiger partial charge >= 0.3 is 0 Å². The van der Waals surface area contributed by atoms with Crippen LogP contribution >= 0.6 is 0 Å². The van der Waals surface area contributed by atoms with Crippen molar-refractivity contribution in [3.05, 3.63) is 47.0 Å². The third-order valence-corrected chi connectivity index (χ3v) is 4.37. The SMILES string of the molecule is Cc1noc(C)c1-c1[nH]c(C)c(CC(C)C)c1-c1ccc(O)cc1. The van der Waals surface area contributed by atoms with Crippen LogP contribution in [0.3, 0.4) is 0 Å². The number of hydrogen-bond acceptors (Lipinski definition) is 3. The summed E-state index contributed by atoms with van der Waals surface area (Å²) in [7, 11) is 0. The molecule has 4 nitrogen and oxygen atoms in total. The van der Waals surface area contributed by atoms with Gasteiger partial charge in [0.25, 0.3) is 0 Å². The fourth-order valence-electron chi connectivity index (χ4n) is 3.30. The quantitative estimate of drug-likeness (QED) is 0.696. The van der Waals surface area contributed by atoms with Crippen molar-refractivity contribution in [1.29, 1.82) is 0 Å². The highest BCUT2D eigenvalue weighted by atomic mass is 16.5. The number of aromatic amines is 1. The average Bonchev–Trinajstić information content (AvgIpc) is 3.00. The van der Waals surface area contributed by atoms with Crippen molar-refractivity contribution in [2.75, 3.05) is 0 Å². The Labute approximate surface area is 142 Å². The highest BCUT2D eigenvalue weighted by Gasteiger charge is 2.23. The lowest BCUT2D eigenvalue weighted by Crippen LogP contribution is -1.97. The van der Waals surface area contributed by atoms with Gasteiger partial charge in [0.05, 0.1) is 17.0 Å². The zero-order valence-corrected chi connectivity index (χ0v) is 14.9. The Kier molecular flexibility index (Phi) is 4.22. The van der Waals surface area contributed by atoms with E-state index in [9.17, 15) is 5.11 Å². The summed E-state index contributed by atoms with van der Waals surface area (Å²) in [6.45, 7) is 10.5. The molecule has 2 heterocycles. The van der Waals surface area contributed by atoms with Gasteiger partial charge in [-0.3, -0.25) is 0 Å². The second kappa shape index (κ2) is 6.19. The molecule has 0 saturated heterocycles. The molecule has 0 unspecified atom stereocenters. The second-order valence-corrected chi connectivity index (χ2v) is 6.82. The number of H-pyrrole nitrogens is 1. The number of nitrogens with one attached hydrogen (secondary N) is 1. The minimum Gasteiger partial charge on any atom is -0.508 e. The Morgan fingerprint density at radius 1 is 1.08 bits per heavy atom. The predicted molar refractivity (Wildman–Crippen MR) is 96.1 cm³/mol. The van der Waals surface area contributed by atoms with Crippen LogP contribution in [0.5, 0.6) is 5.75 Å². The van der Waals surface area contributed by atoms with Gasteiger partial charge in [-0.2, -0.15) is 0 Å². The van der Waals surface area contributed by atoms with E-state index in [0.29, 0.717) is 5.92 Å². The topological polar surface area (TPSA) is 62.0 Å². The van der Waals surface area contributed by atoms with E-state index in [-0.39, 0.29) is 5.75 Å². The van der Waals surface area contributed by atoms with Gasteiger partial charge < -0.3 is 14.6 Å². The minimum atomic E-state index is 0.273. The van der Waals surface area contributed by atoms with Crippen molar-refractivity contribution in [1.82, 2.24) is 10.1 Å². The van der Waals surface area contributed by atoms with Crippen LogP contribution in [0, 0.1) is 26.7 Å². The number of benzene rings is 1. The Hall–Kier alpha value is -2.49. The van der Waals surface area contributed by atoms with Crippen LogP contribution in [0.15, 0.2) is 28.8 Å². The normalized spacial score (nSPS) is 11.4. The standard InChI is InChI=1S/C20H24N2O2/c1-11(2)10-17-12(3)21-20(18-13(4)22-24-14(18)5)19(17)15-6-8-16(23)9-7-15/h6-9,11,21,23H,10H2,1-5H3. The van der Waals surface area contributed by atoms with Crippen molar-refractivity contribution in [2.24, 2.45) is 5.92 Å². The molecule has 2 N–H and O–H groups in total. The van der Waals surface area contributed by atoms with Crippen LogP contribution in [-0.2, 0) is 6.42 Å². The van der Waals surface area contributed by atoms with Crippen molar-refractivity contribution >= 4 is 0 Å². The molecule has 0 aliphatic rings. The Bertz CT molecular complexity index is 835. The zero-order chi connectivity index (χ0) is 17.4. The van der Waals surface area contributed by atoms with Crippen LogP contribution < -0.4 is 0 Å². The van der Waals surface area contributed by atoms with Crippen LogP contribution in [0.25, 0.3) is 22.4 Å². The highest BCUT2D eigenvalue weighted by molar-refractivity contribution is 5.86. The van der Waals surface area contributed by atoms with Gasteiger partial charge in [0, 0.05) is 11.3 Å². The Morgan fingerprint density at radius 2 is 1.75 bits per heavy atom. The molecule has 0 saturated carbocycles. The number of rotatable bonds is 4. The number of aromatic nitrogens is 2. The van der Waals surface area contributed by atoms with E-state index in [1.165, 1.54) is 16.8 Å². The molecule has 126 valence electrons. The number of phenolic OH excluding ortho intramolecular Hbond substituents is 1. The van der Waals surface area contributed by atoms with Crippen LogP contribution in [0.4, 0.5) is 0 Å². The smallest absolute Gasteiger partial charge is 0.143 e. The number of nitrogens with zero attached hydrogens (tertiary/aromatic N) is 1. The molecule has 1 aromatic carbocycles. The molecular weight excluding hydrogens is 300 g/mol. The summed E-state index contributed by atoms with van der Waals surface area (Å²) >= 11 is 0. The summed E-state index contributed by atoms with van der Waals surface area (Å²) in [5, 5.41) is 13.7. The van der Waals surface area contributed by atoms with Crippen molar-refractivity contribution < 1.29 is 9.63 Å². The Morgan fingerprint density at radius 3 is 2.29 bits per heavy atom. The lowest BCUT2D eigenvalue weighted by Gasteiger charge is -2.11. The molecule has 0 atom stereocenters. The van der Waals surface area contributed by atoms with E-state index in [1.807, 2.05) is 26.0 Å². The minimum absolute atomic E-state index is 0.273. The van der Waals surface area contributed by atoms with Gasteiger partial charge in [0.15, 0.2) is 0 Å². The van der Waals surface area contributed by atoms with Gasteiger partial charge in [-0.15, -0.1) is 0 Å². The van der Waals surface area contributed by atoms with E-state index in [1.54, 1.807) is 12.1 Å². The van der Waals surface area contributed by atoms with Gasteiger partial charge in [0.1, 0.15) is 11.5 Å². The zero-order valence-electron chi connectivity index (χ0n) is 14.9. The molecule has 0 amide bonds. The third kappa shape index (κ3) is 2.84. The molecule has 0 fully saturated rings. The maximum absolute atomic E-state index is 9.63. The van der Waals surface area contributed by atoms with Crippen LogP contribution in [-0.4, -0.2) is 15.2 Å².